The Bertz CT molecular complexity index is 922. The van der Waals surface area contributed by atoms with Crippen molar-refractivity contribution in [1.29, 1.82) is 0 Å². The Morgan fingerprint density at radius 3 is 2.77 bits per heavy atom. The van der Waals surface area contributed by atoms with Crippen LogP contribution in [0.4, 0.5) is 5.69 Å². The molecule has 130 valence electrons. The van der Waals surface area contributed by atoms with Gasteiger partial charge in [0, 0.05) is 6.54 Å². The molecule has 0 aromatic heterocycles. The first kappa shape index (κ1) is 16.5. The van der Waals surface area contributed by atoms with Crippen molar-refractivity contribution < 1.29 is 14.3 Å². The molecular weight excluding hydrogens is 348 g/mol. The number of benzene rings is 2. The van der Waals surface area contributed by atoms with E-state index in [1.807, 2.05) is 54.6 Å². The number of carbonyl (C=O) groups excluding carboxylic acids is 1. The smallest absolute Gasteiger partial charge is 0.267 e. The quantitative estimate of drug-likeness (QED) is 0.602. The number of aliphatic imine (C=N–C) groups is 1. The maximum Gasteiger partial charge on any atom is 0.267 e. The first-order valence-electron chi connectivity index (χ1n) is 8.10. The molecule has 0 N–H and O–H groups in total. The first-order chi connectivity index (χ1) is 12.7. The van der Waals surface area contributed by atoms with Crippen molar-refractivity contribution in [2.45, 2.75) is 0 Å². The number of ether oxygens (including phenoxy) is 2. The van der Waals surface area contributed by atoms with Gasteiger partial charge in [0.25, 0.3) is 5.91 Å². The highest BCUT2D eigenvalue weighted by molar-refractivity contribution is 8.18. The summed E-state index contributed by atoms with van der Waals surface area (Å²) in [7, 11) is 0. The van der Waals surface area contributed by atoms with Crippen molar-refractivity contribution in [2.24, 2.45) is 4.99 Å². The third-order valence-electron chi connectivity index (χ3n) is 3.88. The molecule has 6 heteroatoms. The lowest BCUT2D eigenvalue weighted by Gasteiger charge is -2.12. The Morgan fingerprint density at radius 1 is 1.15 bits per heavy atom. The fourth-order valence-electron chi connectivity index (χ4n) is 2.65. The molecule has 2 aliphatic heterocycles. The molecule has 26 heavy (non-hydrogen) atoms. The Kier molecular flexibility index (Phi) is 4.50. The van der Waals surface area contributed by atoms with E-state index in [1.54, 1.807) is 11.0 Å². The van der Waals surface area contributed by atoms with Gasteiger partial charge in [0.05, 0.1) is 10.6 Å². The molecule has 0 saturated carbocycles. The van der Waals surface area contributed by atoms with Gasteiger partial charge >= 0.3 is 0 Å². The summed E-state index contributed by atoms with van der Waals surface area (Å²) in [5, 5.41) is 0.646. The summed E-state index contributed by atoms with van der Waals surface area (Å²) in [4.78, 5) is 19.6. The SMILES string of the molecule is C=CCN1C(=O)/C(=C\c2ccc3c(c2)OCO3)SC1=Nc1ccccc1. The lowest BCUT2D eigenvalue weighted by Crippen LogP contribution is -2.29. The van der Waals surface area contributed by atoms with Crippen LogP contribution in [0.5, 0.6) is 11.5 Å². The Balaban J connectivity index is 1.66. The normalized spacial score (nSPS) is 18.8. The van der Waals surface area contributed by atoms with Crippen LogP contribution in [0.25, 0.3) is 6.08 Å². The molecule has 2 aliphatic rings. The third kappa shape index (κ3) is 3.23. The van der Waals surface area contributed by atoms with E-state index in [-0.39, 0.29) is 12.7 Å². The minimum atomic E-state index is -0.0813. The minimum absolute atomic E-state index is 0.0813. The third-order valence-corrected chi connectivity index (χ3v) is 4.88. The number of hydrogen-bond donors (Lipinski definition) is 0. The van der Waals surface area contributed by atoms with Crippen molar-refractivity contribution in [1.82, 2.24) is 4.90 Å². The van der Waals surface area contributed by atoms with E-state index in [0.717, 1.165) is 17.0 Å². The highest BCUT2D eigenvalue weighted by atomic mass is 32.2. The van der Waals surface area contributed by atoms with Gasteiger partial charge in [0.1, 0.15) is 0 Å². The molecule has 0 bridgehead atoms. The van der Waals surface area contributed by atoms with Crippen LogP contribution in [0.15, 0.2) is 71.1 Å². The van der Waals surface area contributed by atoms with Crippen molar-refractivity contribution in [3.63, 3.8) is 0 Å². The summed E-state index contributed by atoms with van der Waals surface area (Å²) in [5.74, 6) is 1.33. The highest BCUT2D eigenvalue weighted by Crippen LogP contribution is 2.37. The van der Waals surface area contributed by atoms with E-state index in [9.17, 15) is 4.79 Å². The van der Waals surface area contributed by atoms with Gasteiger partial charge in [-0.3, -0.25) is 9.69 Å². The lowest BCUT2D eigenvalue weighted by atomic mass is 10.2. The molecule has 0 unspecified atom stereocenters. The van der Waals surface area contributed by atoms with Gasteiger partial charge in [-0.2, -0.15) is 0 Å². The number of para-hydroxylation sites is 1. The molecule has 0 radical (unpaired) electrons. The molecular formula is C20H16N2O3S. The van der Waals surface area contributed by atoms with Gasteiger partial charge < -0.3 is 9.47 Å². The number of hydrogen-bond acceptors (Lipinski definition) is 5. The number of nitrogens with zero attached hydrogens (tertiary/aromatic N) is 2. The van der Waals surface area contributed by atoms with E-state index in [0.29, 0.717) is 22.4 Å². The number of rotatable bonds is 4. The molecule has 0 aliphatic carbocycles. The molecule has 1 amide bonds. The second-order valence-electron chi connectivity index (χ2n) is 5.66. The maximum atomic E-state index is 12.8. The fourth-order valence-corrected chi connectivity index (χ4v) is 3.66. The molecule has 1 fully saturated rings. The monoisotopic (exact) mass is 364 g/mol. The average Bonchev–Trinajstić information content (AvgIpc) is 3.23. The van der Waals surface area contributed by atoms with Gasteiger partial charge in [-0.1, -0.05) is 30.3 Å². The Morgan fingerprint density at radius 2 is 1.96 bits per heavy atom. The van der Waals surface area contributed by atoms with Crippen LogP contribution in [0.3, 0.4) is 0 Å². The Labute approximate surface area is 155 Å². The van der Waals surface area contributed by atoms with Crippen LogP contribution in [-0.4, -0.2) is 29.3 Å². The number of amides is 1. The van der Waals surface area contributed by atoms with Crippen LogP contribution in [0, 0.1) is 0 Å². The first-order valence-corrected chi connectivity index (χ1v) is 8.92. The van der Waals surface area contributed by atoms with Gasteiger partial charge in [-0.15, -0.1) is 6.58 Å². The van der Waals surface area contributed by atoms with Crippen LogP contribution in [0.2, 0.25) is 0 Å². The number of fused-ring (bicyclic) bond motifs is 1. The largest absolute Gasteiger partial charge is 0.454 e. The van der Waals surface area contributed by atoms with E-state index < -0.39 is 0 Å². The number of thioether (sulfide) groups is 1. The van der Waals surface area contributed by atoms with E-state index in [2.05, 4.69) is 11.6 Å². The molecule has 4 rings (SSSR count). The molecule has 5 nitrogen and oxygen atoms in total. The summed E-state index contributed by atoms with van der Waals surface area (Å²) in [6.45, 7) is 4.38. The Hall–Kier alpha value is -2.99. The maximum absolute atomic E-state index is 12.8. The summed E-state index contributed by atoms with van der Waals surface area (Å²) < 4.78 is 10.7. The second-order valence-corrected chi connectivity index (χ2v) is 6.67. The van der Waals surface area contributed by atoms with Gasteiger partial charge in [-0.25, -0.2) is 4.99 Å². The van der Waals surface area contributed by atoms with Crippen molar-refractivity contribution in [3.05, 3.63) is 71.7 Å². The summed E-state index contributed by atoms with van der Waals surface area (Å²) in [5.41, 5.74) is 1.69. The van der Waals surface area contributed by atoms with Crippen molar-refractivity contribution >= 4 is 34.6 Å². The zero-order valence-corrected chi connectivity index (χ0v) is 14.7. The summed E-state index contributed by atoms with van der Waals surface area (Å²) in [6.07, 6.45) is 3.54. The average molecular weight is 364 g/mol. The second kappa shape index (κ2) is 7.09. The van der Waals surface area contributed by atoms with Crippen LogP contribution >= 0.6 is 11.8 Å². The molecule has 2 aromatic carbocycles. The van der Waals surface area contributed by atoms with Crippen LogP contribution in [0.1, 0.15) is 5.56 Å². The molecule has 0 atom stereocenters. The number of carbonyl (C=O) groups is 1. The van der Waals surface area contributed by atoms with E-state index >= 15 is 0 Å². The topological polar surface area (TPSA) is 51.1 Å². The van der Waals surface area contributed by atoms with Gasteiger partial charge in [0.2, 0.25) is 6.79 Å². The lowest BCUT2D eigenvalue weighted by molar-refractivity contribution is -0.121. The molecule has 2 aromatic rings. The summed E-state index contributed by atoms with van der Waals surface area (Å²) in [6, 6.07) is 15.2. The van der Waals surface area contributed by atoms with Crippen molar-refractivity contribution in [2.75, 3.05) is 13.3 Å². The minimum Gasteiger partial charge on any atom is -0.454 e. The predicted molar refractivity (Wildman–Crippen MR) is 104 cm³/mol. The van der Waals surface area contributed by atoms with Gasteiger partial charge in [-0.05, 0) is 47.7 Å². The van der Waals surface area contributed by atoms with Crippen molar-refractivity contribution in [3.8, 4) is 11.5 Å². The summed E-state index contributed by atoms with van der Waals surface area (Å²) >= 11 is 1.36. The van der Waals surface area contributed by atoms with Gasteiger partial charge in [0.15, 0.2) is 16.7 Å². The number of amidine groups is 1. The highest BCUT2D eigenvalue weighted by Gasteiger charge is 2.32. The molecule has 2 heterocycles. The molecule has 1 saturated heterocycles. The zero-order valence-electron chi connectivity index (χ0n) is 13.9. The van der Waals surface area contributed by atoms with E-state index in [4.69, 9.17) is 9.47 Å². The fraction of sp³-hybridized carbons (Fsp3) is 0.100. The zero-order chi connectivity index (χ0) is 17.9. The van der Waals surface area contributed by atoms with E-state index in [1.165, 1.54) is 11.8 Å². The van der Waals surface area contributed by atoms with Crippen LogP contribution < -0.4 is 9.47 Å². The predicted octanol–water partition coefficient (Wildman–Crippen LogP) is 4.21. The van der Waals surface area contributed by atoms with Crippen LogP contribution in [-0.2, 0) is 4.79 Å². The molecule has 0 spiro atoms. The standard InChI is InChI=1S/C20H16N2O3S/c1-2-10-22-19(23)18(26-20(22)21-15-6-4-3-5-7-15)12-14-8-9-16-17(11-14)25-13-24-16/h2-9,11-12H,1,10,13H2/b18-12+,21-20?.